The lowest BCUT2D eigenvalue weighted by Gasteiger charge is -2.23. The van der Waals surface area contributed by atoms with E-state index in [1.54, 1.807) is 0 Å². The third-order valence-corrected chi connectivity index (χ3v) is 11.0. The van der Waals surface area contributed by atoms with Crippen LogP contribution in [0.1, 0.15) is 195 Å². The Morgan fingerprint density at radius 1 is 0.554 bits per heavy atom. The van der Waals surface area contributed by atoms with Gasteiger partial charge in [0, 0.05) is 58.7 Å². The summed E-state index contributed by atoms with van der Waals surface area (Å²) in [6.07, 6.45) is 31.9. The van der Waals surface area contributed by atoms with Crippen molar-refractivity contribution in [1.29, 1.82) is 0 Å². The van der Waals surface area contributed by atoms with Gasteiger partial charge >= 0.3 is 0 Å². The van der Waals surface area contributed by atoms with Gasteiger partial charge in [0.2, 0.25) is 11.8 Å². The van der Waals surface area contributed by atoms with Crippen molar-refractivity contribution in [2.45, 2.75) is 207 Å². The summed E-state index contributed by atoms with van der Waals surface area (Å²) in [5.41, 5.74) is 0. The van der Waals surface area contributed by atoms with Gasteiger partial charge in [-0.1, -0.05) is 155 Å². The summed E-state index contributed by atoms with van der Waals surface area (Å²) in [7, 11) is 0. The molecular weight excluding hydrogens is 741 g/mol. The average Bonchev–Trinajstić information content (AvgIpc) is 3.54. The van der Waals surface area contributed by atoms with E-state index < -0.39 is 5.79 Å². The van der Waals surface area contributed by atoms with Crippen molar-refractivity contribution in [3.8, 4) is 0 Å². The van der Waals surface area contributed by atoms with Crippen LogP contribution in [0.5, 0.6) is 0 Å². The van der Waals surface area contributed by atoms with Crippen LogP contribution in [0.2, 0.25) is 0 Å². The fraction of sp³-hybridized carbons (Fsp3) is 0.909. The number of thiocarbonyl (C=S) groups is 2. The molecule has 0 aromatic rings. The number of hydrogen-bond acceptors (Lipinski definition) is 6. The fourth-order valence-electron chi connectivity index (χ4n) is 7.04. The zero-order valence-corrected chi connectivity index (χ0v) is 38.1. The number of carbonyl (C=O) groups is 2. The largest absolute Gasteiger partial charge is 0.361 e. The normalized spacial score (nSPS) is 14.7. The molecule has 0 aromatic heterocycles. The lowest BCUT2D eigenvalue weighted by molar-refractivity contribution is -0.137. The van der Waals surface area contributed by atoms with Crippen LogP contribution in [0.25, 0.3) is 0 Å². The Hall–Kier alpha value is -1.76. The molecule has 1 saturated heterocycles. The molecule has 1 fully saturated rings. The summed E-state index contributed by atoms with van der Waals surface area (Å²) >= 11 is 10.7. The van der Waals surface area contributed by atoms with E-state index in [-0.39, 0.29) is 30.8 Å². The molecule has 0 bridgehead atoms. The third kappa shape index (κ3) is 32.2. The number of amides is 2. The van der Waals surface area contributed by atoms with E-state index in [2.05, 4.69) is 40.4 Å². The number of hydrogen-bond donors (Lipinski definition) is 5. The summed E-state index contributed by atoms with van der Waals surface area (Å²) in [6, 6.07) is 0. The zero-order valence-electron chi connectivity index (χ0n) is 36.5. The Kier molecular flexibility index (Phi) is 33.9. The van der Waals surface area contributed by atoms with E-state index in [0.29, 0.717) is 49.6 Å². The first-order chi connectivity index (χ1) is 27.2. The molecule has 0 aliphatic carbocycles. The van der Waals surface area contributed by atoms with Gasteiger partial charge < -0.3 is 41.0 Å². The number of unbranched alkanes of at least 4 members (excludes halogenated alkanes) is 22. The Labute approximate surface area is 354 Å². The molecule has 0 saturated carbocycles. The molecule has 0 radical (unpaired) electrons. The second-order valence-electron chi connectivity index (χ2n) is 16.3. The van der Waals surface area contributed by atoms with Crippen molar-refractivity contribution in [1.82, 2.24) is 31.5 Å². The van der Waals surface area contributed by atoms with Gasteiger partial charge in [0.05, 0.1) is 6.61 Å². The first kappa shape index (κ1) is 52.3. The molecule has 1 rings (SSSR count). The molecule has 328 valence electrons. The number of nitrogens with zero attached hydrogens (tertiary/aromatic N) is 1. The first-order valence-corrected chi connectivity index (χ1v) is 23.9. The predicted molar refractivity (Wildman–Crippen MR) is 243 cm³/mol. The highest BCUT2D eigenvalue weighted by molar-refractivity contribution is 7.80. The molecule has 10 nitrogen and oxygen atoms in total. The molecule has 56 heavy (non-hydrogen) atoms. The van der Waals surface area contributed by atoms with Crippen LogP contribution >= 0.6 is 24.4 Å². The lowest BCUT2D eigenvalue weighted by Crippen LogP contribution is -2.45. The highest BCUT2D eigenvalue weighted by atomic mass is 32.1. The van der Waals surface area contributed by atoms with Crippen molar-refractivity contribution in [2.75, 3.05) is 52.4 Å². The standard InChI is InChI=1S/C44H86N6O4S2/c1-5-7-9-11-13-15-17-19-21-23-25-27-35-50(36-28-26-24-22-20-18-16-14-12-10-8-6-2)41(52)30-29-40(51)45-31-32-46-42(55)47-33-34-48-43(56)49-37-39-38-53-44(3,4)54-39/h39H,5-38H2,1-4H3,(H,45,51)(H2,46,47,55)(H2,48,49,56). The Morgan fingerprint density at radius 3 is 1.32 bits per heavy atom. The summed E-state index contributed by atoms with van der Waals surface area (Å²) < 4.78 is 11.3. The molecule has 1 aliphatic rings. The third-order valence-electron chi connectivity index (χ3n) is 10.5. The van der Waals surface area contributed by atoms with Crippen molar-refractivity contribution in [2.24, 2.45) is 0 Å². The number of nitrogens with one attached hydrogen (secondary N) is 5. The molecule has 1 aliphatic heterocycles. The van der Waals surface area contributed by atoms with E-state index in [0.717, 1.165) is 25.9 Å². The van der Waals surface area contributed by atoms with Gasteiger partial charge in [-0.05, 0) is 51.1 Å². The Bertz CT molecular complexity index is 977. The van der Waals surface area contributed by atoms with Gasteiger partial charge in [0.1, 0.15) is 6.10 Å². The van der Waals surface area contributed by atoms with Gasteiger partial charge in [0.25, 0.3) is 0 Å². The quantitative estimate of drug-likeness (QED) is 0.0307. The monoisotopic (exact) mass is 827 g/mol. The number of ether oxygens (including phenoxy) is 2. The lowest BCUT2D eigenvalue weighted by atomic mass is 10.0. The second-order valence-corrected chi connectivity index (χ2v) is 17.1. The molecule has 12 heteroatoms. The molecule has 1 unspecified atom stereocenters. The molecule has 0 spiro atoms. The fourth-order valence-corrected chi connectivity index (χ4v) is 7.43. The summed E-state index contributed by atoms with van der Waals surface area (Å²) in [4.78, 5) is 27.9. The smallest absolute Gasteiger partial charge is 0.223 e. The van der Waals surface area contributed by atoms with E-state index in [9.17, 15) is 9.59 Å². The maximum atomic E-state index is 13.3. The first-order valence-electron chi connectivity index (χ1n) is 23.1. The van der Waals surface area contributed by atoms with E-state index in [1.807, 2.05) is 18.7 Å². The number of rotatable bonds is 37. The molecule has 1 atom stereocenters. The molecule has 1 heterocycles. The highest BCUT2D eigenvalue weighted by Crippen LogP contribution is 2.21. The van der Waals surface area contributed by atoms with Gasteiger partial charge in [-0.15, -0.1) is 0 Å². The van der Waals surface area contributed by atoms with Crippen molar-refractivity contribution < 1.29 is 19.1 Å². The van der Waals surface area contributed by atoms with Crippen LogP contribution in [0.4, 0.5) is 0 Å². The van der Waals surface area contributed by atoms with Gasteiger partial charge in [0.15, 0.2) is 16.0 Å². The van der Waals surface area contributed by atoms with Crippen LogP contribution in [-0.4, -0.2) is 91.3 Å². The predicted octanol–water partition coefficient (Wildman–Crippen LogP) is 9.19. The molecular formula is C44H86N6O4S2. The minimum Gasteiger partial charge on any atom is -0.361 e. The van der Waals surface area contributed by atoms with Crippen LogP contribution in [0.3, 0.4) is 0 Å². The van der Waals surface area contributed by atoms with Crippen LogP contribution in [-0.2, 0) is 19.1 Å². The van der Waals surface area contributed by atoms with E-state index in [4.69, 9.17) is 33.9 Å². The van der Waals surface area contributed by atoms with Gasteiger partial charge in [-0.25, -0.2) is 0 Å². The summed E-state index contributed by atoms with van der Waals surface area (Å²) in [5.74, 6) is -0.532. The van der Waals surface area contributed by atoms with Gasteiger partial charge in [-0.3, -0.25) is 9.59 Å². The summed E-state index contributed by atoms with van der Waals surface area (Å²) in [6.45, 7) is 13.2. The Morgan fingerprint density at radius 2 is 0.929 bits per heavy atom. The minimum absolute atomic E-state index is 0.0295. The van der Waals surface area contributed by atoms with E-state index >= 15 is 0 Å². The summed E-state index contributed by atoms with van der Waals surface area (Å²) in [5, 5.41) is 16.5. The van der Waals surface area contributed by atoms with Crippen molar-refractivity contribution >= 4 is 46.5 Å². The van der Waals surface area contributed by atoms with Crippen molar-refractivity contribution in [3.63, 3.8) is 0 Å². The van der Waals surface area contributed by atoms with Crippen LogP contribution in [0.15, 0.2) is 0 Å². The maximum Gasteiger partial charge on any atom is 0.223 e. The zero-order chi connectivity index (χ0) is 41.0. The minimum atomic E-state index is -0.547. The Balaban J connectivity index is 2.23. The topological polar surface area (TPSA) is 116 Å². The van der Waals surface area contributed by atoms with E-state index in [1.165, 1.54) is 141 Å². The molecule has 0 aromatic carbocycles. The second kappa shape index (κ2) is 36.3. The van der Waals surface area contributed by atoms with Crippen molar-refractivity contribution in [3.05, 3.63) is 0 Å². The molecule has 5 N–H and O–H groups in total. The number of carbonyl (C=O) groups excluding carboxylic acids is 2. The maximum absolute atomic E-state index is 13.3. The van der Waals surface area contributed by atoms with Gasteiger partial charge in [-0.2, -0.15) is 0 Å². The highest BCUT2D eigenvalue weighted by Gasteiger charge is 2.32. The van der Waals surface area contributed by atoms with Crippen LogP contribution < -0.4 is 26.6 Å². The SMILES string of the molecule is CCCCCCCCCCCCCCN(CCCCCCCCCCCCCC)C(=O)CCC(=O)NCCNC(=S)NCCNC(=S)NCC1COC(C)(C)O1. The average molecular weight is 827 g/mol. The molecule has 2 amide bonds. The van der Waals surface area contributed by atoms with Crippen LogP contribution in [0, 0.1) is 0 Å².